The number of thioether (sulfide) groups is 1. The number of carbonyl (C=O) groups excluding carboxylic acids is 1. The van der Waals surface area contributed by atoms with E-state index in [0.717, 1.165) is 17.0 Å². The number of urea groups is 1. The van der Waals surface area contributed by atoms with Gasteiger partial charge in [0.2, 0.25) is 0 Å². The number of benzene rings is 2. The van der Waals surface area contributed by atoms with Gasteiger partial charge in [-0.15, -0.1) is 11.8 Å². The van der Waals surface area contributed by atoms with E-state index in [1.807, 2.05) is 36.0 Å². The predicted octanol–water partition coefficient (Wildman–Crippen LogP) is 5.28. The van der Waals surface area contributed by atoms with Crippen LogP contribution in [0.15, 0.2) is 41.3 Å². The minimum Gasteiger partial charge on any atom is -0.495 e. The van der Waals surface area contributed by atoms with Crippen molar-refractivity contribution in [3.63, 3.8) is 0 Å². The Kier molecular flexibility index (Phi) is 5.84. The third-order valence-electron chi connectivity index (χ3n) is 4.25. The highest BCUT2D eigenvalue weighted by atomic mass is 35.5. The van der Waals surface area contributed by atoms with Crippen molar-refractivity contribution in [2.24, 2.45) is 0 Å². The van der Waals surface area contributed by atoms with E-state index in [1.165, 1.54) is 14.2 Å². The first kappa shape index (κ1) is 18.7. The number of hydrogen-bond donors (Lipinski definition) is 1. The molecule has 0 spiro atoms. The summed E-state index contributed by atoms with van der Waals surface area (Å²) in [5.41, 5.74) is 1.42. The Morgan fingerprint density at radius 1 is 1.27 bits per heavy atom. The monoisotopic (exact) mass is 392 g/mol. The standard InChI is InChI=1S/C19H21ClN2O3S/c1-4-12-11-22(15-7-5-6-8-18(15)26-12)19(23)21-14-9-13(20)16(24-2)10-17(14)25-3/h5-10,12H,4,11H2,1-3H3,(H,21,23). The zero-order valence-electron chi connectivity index (χ0n) is 14.9. The lowest BCUT2D eigenvalue weighted by molar-refractivity contribution is 0.256. The molecule has 1 atom stereocenters. The highest BCUT2D eigenvalue weighted by Crippen LogP contribution is 2.40. The van der Waals surface area contributed by atoms with Gasteiger partial charge < -0.3 is 14.8 Å². The van der Waals surface area contributed by atoms with E-state index >= 15 is 0 Å². The quantitative estimate of drug-likeness (QED) is 0.769. The van der Waals surface area contributed by atoms with Gasteiger partial charge >= 0.3 is 6.03 Å². The molecule has 2 aromatic carbocycles. The molecule has 3 rings (SSSR count). The molecular weight excluding hydrogens is 372 g/mol. The van der Waals surface area contributed by atoms with E-state index in [1.54, 1.807) is 17.0 Å². The van der Waals surface area contributed by atoms with Gasteiger partial charge in [-0.1, -0.05) is 30.7 Å². The Balaban J connectivity index is 1.90. The van der Waals surface area contributed by atoms with Crippen LogP contribution in [-0.4, -0.2) is 32.0 Å². The Labute approximate surface area is 162 Å². The summed E-state index contributed by atoms with van der Waals surface area (Å²) in [6.45, 7) is 2.78. The van der Waals surface area contributed by atoms with Crippen molar-refractivity contribution < 1.29 is 14.3 Å². The minimum atomic E-state index is -0.212. The van der Waals surface area contributed by atoms with Crippen LogP contribution < -0.4 is 19.7 Å². The molecule has 0 aromatic heterocycles. The molecule has 0 saturated carbocycles. The molecule has 0 aliphatic carbocycles. The molecule has 1 aliphatic rings. The Morgan fingerprint density at radius 2 is 2.00 bits per heavy atom. The number of halogens is 1. The number of rotatable bonds is 4. The zero-order valence-corrected chi connectivity index (χ0v) is 16.5. The van der Waals surface area contributed by atoms with Crippen molar-refractivity contribution in [1.82, 2.24) is 0 Å². The van der Waals surface area contributed by atoms with Crippen molar-refractivity contribution >= 4 is 40.8 Å². The van der Waals surface area contributed by atoms with Gasteiger partial charge in [0.1, 0.15) is 11.5 Å². The number of anilines is 2. The highest BCUT2D eigenvalue weighted by Gasteiger charge is 2.28. The average Bonchev–Trinajstić information content (AvgIpc) is 2.67. The van der Waals surface area contributed by atoms with Crippen LogP contribution >= 0.6 is 23.4 Å². The number of para-hydroxylation sites is 1. The number of nitrogens with zero attached hydrogens (tertiary/aromatic N) is 1. The van der Waals surface area contributed by atoms with Crippen LogP contribution in [0.4, 0.5) is 16.2 Å². The third kappa shape index (κ3) is 3.71. The summed E-state index contributed by atoms with van der Waals surface area (Å²) in [6.07, 6.45) is 0.987. The number of amides is 2. The van der Waals surface area contributed by atoms with E-state index in [4.69, 9.17) is 21.1 Å². The summed E-state index contributed by atoms with van der Waals surface area (Å²) in [4.78, 5) is 15.9. The summed E-state index contributed by atoms with van der Waals surface area (Å²) in [7, 11) is 3.07. The first-order valence-corrected chi connectivity index (χ1v) is 9.58. The van der Waals surface area contributed by atoms with Crippen LogP contribution in [0.5, 0.6) is 11.5 Å². The molecule has 0 saturated heterocycles. The lowest BCUT2D eigenvalue weighted by Gasteiger charge is -2.33. The summed E-state index contributed by atoms with van der Waals surface area (Å²) in [6, 6.07) is 11.0. The lowest BCUT2D eigenvalue weighted by Crippen LogP contribution is -2.41. The Hall–Kier alpha value is -2.05. The minimum absolute atomic E-state index is 0.212. The van der Waals surface area contributed by atoms with E-state index < -0.39 is 0 Å². The second-order valence-corrected chi connectivity index (χ2v) is 7.59. The van der Waals surface area contributed by atoms with Crippen LogP contribution in [0.1, 0.15) is 13.3 Å². The Bertz CT molecular complexity index is 815. The molecule has 7 heteroatoms. The number of nitrogens with one attached hydrogen (secondary N) is 1. The topological polar surface area (TPSA) is 50.8 Å². The van der Waals surface area contributed by atoms with Crippen LogP contribution in [0.25, 0.3) is 0 Å². The fraction of sp³-hybridized carbons (Fsp3) is 0.316. The number of methoxy groups -OCH3 is 2. The number of carbonyl (C=O) groups is 1. The zero-order chi connectivity index (χ0) is 18.7. The molecule has 138 valence electrons. The van der Waals surface area contributed by atoms with Gasteiger partial charge in [0.15, 0.2) is 0 Å². The second-order valence-electron chi connectivity index (χ2n) is 5.84. The molecule has 5 nitrogen and oxygen atoms in total. The maximum atomic E-state index is 13.0. The summed E-state index contributed by atoms with van der Waals surface area (Å²) in [5.74, 6) is 0.985. The largest absolute Gasteiger partial charge is 0.495 e. The summed E-state index contributed by atoms with van der Waals surface area (Å²) < 4.78 is 10.6. The maximum absolute atomic E-state index is 13.0. The first-order valence-electron chi connectivity index (χ1n) is 8.33. The van der Waals surface area contributed by atoms with Crippen LogP contribution in [-0.2, 0) is 0 Å². The summed E-state index contributed by atoms with van der Waals surface area (Å²) in [5, 5.41) is 3.69. The molecule has 1 aliphatic heterocycles. The number of hydrogen-bond acceptors (Lipinski definition) is 4. The van der Waals surface area contributed by atoms with Gasteiger partial charge in [-0.3, -0.25) is 4.90 Å². The molecule has 1 N–H and O–H groups in total. The van der Waals surface area contributed by atoms with Crippen molar-refractivity contribution in [2.45, 2.75) is 23.5 Å². The number of fused-ring (bicyclic) bond motifs is 1. The van der Waals surface area contributed by atoms with E-state index in [0.29, 0.717) is 34.0 Å². The Morgan fingerprint density at radius 3 is 2.69 bits per heavy atom. The van der Waals surface area contributed by atoms with E-state index in [2.05, 4.69) is 12.2 Å². The maximum Gasteiger partial charge on any atom is 0.326 e. The van der Waals surface area contributed by atoms with Crippen LogP contribution in [0.2, 0.25) is 5.02 Å². The molecule has 0 bridgehead atoms. The van der Waals surface area contributed by atoms with Gasteiger partial charge in [0.05, 0.1) is 30.6 Å². The van der Waals surface area contributed by atoms with Gasteiger partial charge in [0.25, 0.3) is 0 Å². The van der Waals surface area contributed by atoms with Crippen molar-refractivity contribution in [2.75, 3.05) is 31.0 Å². The van der Waals surface area contributed by atoms with E-state index in [9.17, 15) is 4.79 Å². The van der Waals surface area contributed by atoms with Crippen molar-refractivity contribution in [1.29, 1.82) is 0 Å². The SMILES string of the molecule is CCC1CN(C(=O)Nc2cc(Cl)c(OC)cc2OC)c2ccccc2S1. The fourth-order valence-corrected chi connectivity index (χ4v) is 4.29. The number of ether oxygens (including phenoxy) is 2. The second kappa shape index (κ2) is 8.10. The van der Waals surface area contributed by atoms with Gasteiger partial charge in [-0.05, 0) is 24.6 Å². The third-order valence-corrected chi connectivity index (χ3v) is 5.96. The first-order chi connectivity index (χ1) is 12.6. The normalized spacial score (nSPS) is 16.0. The predicted molar refractivity (Wildman–Crippen MR) is 107 cm³/mol. The molecule has 2 amide bonds. The van der Waals surface area contributed by atoms with Crippen molar-refractivity contribution in [3.05, 3.63) is 41.4 Å². The molecule has 26 heavy (non-hydrogen) atoms. The van der Waals surface area contributed by atoms with Crippen molar-refractivity contribution in [3.8, 4) is 11.5 Å². The van der Waals surface area contributed by atoms with Gasteiger partial charge in [-0.25, -0.2) is 4.79 Å². The van der Waals surface area contributed by atoms with E-state index in [-0.39, 0.29) is 6.03 Å². The molecular formula is C19H21ClN2O3S. The molecule has 0 radical (unpaired) electrons. The molecule has 0 fully saturated rings. The smallest absolute Gasteiger partial charge is 0.326 e. The summed E-state index contributed by atoms with van der Waals surface area (Å²) >= 11 is 8.02. The molecule has 2 aromatic rings. The molecule has 1 unspecified atom stereocenters. The fourth-order valence-electron chi connectivity index (χ4n) is 2.84. The van der Waals surface area contributed by atoms with Crippen LogP contribution in [0, 0.1) is 0 Å². The average molecular weight is 393 g/mol. The van der Waals surface area contributed by atoms with Gasteiger partial charge in [-0.2, -0.15) is 0 Å². The molecule has 1 heterocycles. The van der Waals surface area contributed by atoms with Crippen LogP contribution in [0.3, 0.4) is 0 Å². The lowest BCUT2D eigenvalue weighted by atomic mass is 10.2. The highest BCUT2D eigenvalue weighted by molar-refractivity contribution is 8.00. The van der Waals surface area contributed by atoms with Gasteiger partial charge in [0, 0.05) is 22.8 Å².